The average molecular weight is 338 g/mol. The number of nitrogens with one attached hydrogen (secondary N) is 1. The standard InChI is InChI=1S/C16H17BrFNO/c1-11(9-12-5-3-4-6-15(12)18)19-13-7-8-14(17)16(10-13)20-2/h3-8,10-11,19H,9H2,1-2H3. The fourth-order valence-corrected chi connectivity index (χ4v) is 2.49. The molecule has 0 heterocycles. The fraction of sp³-hybridized carbons (Fsp3) is 0.250. The molecular weight excluding hydrogens is 321 g/mol. The van der Waals surface area contributed by atoms with Gasteiger partial charge in [-0.15, -0.1) is 0 Å². The van der Waals surface area contributed by atoms with Crippen LogP contribution in [0.15, 0.2) is 46.9 Å². The fourth-order valence-electron chi connectivity index (χ4n) is 2.08. The summed E-state index contributed by atoms with van der Waals surface area (Å²) in [7, 11) is 1.63. The monoisotopic (exact) mass is 337 g/mol. The van der Waals surface area contributed by atoms with E-state index < -0.39 is 0 Å². The van der Waals surface area contributed by atoms with E-state index in [1.807, 2.05) is 37.3 Å². The van der Waals surface area contributed by atoms with E-state index in [9.17, 15) is 4.39 Å². The first-order chi connectivity index (χ1) is 9.60. The molecule has 0 spiro atoms. The van der Waals surface area contributed by atoms with Crippen molar-refractivity contribution in [2.45, 2.75) is 19.4 Å². The molecule has 0 aliphatic heterocycles. The van der Waals surface area contributed by atoms with E-state index in [2.05, 4.69) is 21.2 Å². The van der Waals surface area contributed by atoms with E-state index >= 15 is 0 Å². The van der Waals surface area contributed by atoms with Crippen LogP contribution in [-0.4, -0.2) is 13.2 Å². The smallest absolute Gasteiger partial charge is 0.135 e. The van der Waals surface area contributed by atoms with Crippen molar-refractivity contribution in [3.63, 3.8) is 0 Å². The lowest BCUT2D eigenvalue weighted by Gasteiger charge is -2.16. The molecule has 1 unspecified atom stereocenters. The number of rotatable bonds is 5. The molecule has 2 nitrogen and oxygen atoms in total. The van der Waals surface area contributed by atoms with Gasteiger partial charge in [0.05, 0.1) is 11.6 Å². The molecule has 0 aliphatic rings. The van der Waals surface area contributed by atoms with Crippen LogP contribution in [0.3, 0.4) is 0 Å². The zero-order valence-corrected chi connectivity index (χ0v) is 13.1. The summed E-state index contributed by atoms with van der Waals surface area (Å²) in [6.07, 6.45) is 0.630. The van der Waals surface area contributed by atoms with E-state index in [0.29, 0.717) is 6.42 Å². The molecule has 4 heteroatoms. The SMILES string of the molecule is COc1cc(NC(C)Cc2ccccc2F)ccc1Br. The van der Waals surface area contributed by atoms with Gasteiger partial charge < -0.3 is 10.1 Å². The van der Waals surface area contributed by atoms with E-state index in [4.69, 9.17) is 4.74 Å². The quantitative estimate of drug-likeness (QED) is 0.858. The highest BCUT2D eigenvalue weighted by molar-refractivity contribution is 9.10. The normalized spacial score (nSPS) is 12.0. The van der Waals surface area contributed by atoms with Crippen molar-refractivity contribution in [2.24, 2.45) is 0 Å². The first-order valence-corrected chi connectivity index (χ1v) is 7.23. The van der Waals surface area contributed by atoms with Crippen LogP contribution in [0.4, 0.5) is 10.1 Å². The van der Waals surface area contributed by atoms with Crippen molar-refractivity contribution in [3.8, 4) is 5.75 Å². The lowest BCUT2D eigenvalue weighted by Crippen LogP contribution is -2.18. The maximum Gasteiger partial charge on any atom is 0.135 e. The third kappa shape index (κ3) is 3.73. The number of hydrogen-bond donors (Lipinski definition) is 1. The van der Waals surface area contributed by atoms with Gasteiger partial charge in [-0.3, -0.25) is 0 Å². The second kappa shape index (κ2) is 6.75. The molecule has 20 heavy (non-hydrogen) atoms. The Morgan fingerprint density at radius 3 is 2.70 bits per heavy atom. The third-order valence-corrected chi connectivity index (χ3v) is 3.70. The number of halogens is 2. The molecule has 0 radical (unpaired) electrons. The third-order valence-electron chi connectivity index (χ3n) is 3.05. The number of methoxy groups -OCH3 is 1. The molecular formula is C16H17BrFNO. The zero-order valence-electron chi connectivity index (χ0n) is 11.5. The Morgan fingerprint density at radius 1 is 1.25 bits per heavy atom. The largest absolute Gasteiger partial charge is 0.495 e. The number of anilines is 1. The van der Waals surface area contributed by atoms with E-state index in [1.165, 1.54) is 6.07 Å². The number of ether oxygens (including phenoxy) is 1. The van der Waals surface area contributed by atoms with E-state index in [0.717, 1.165) is 21.5 Å². The summed E-state index contributed by atoms with van der Waals surface area (Å²) >= 11 is 3.42. The lowest BCUT2D eigenvalue weighted by atomic mass is 10.1. The van der Waals surface area contributed by atoms with Crippen LogP contribution in [0, 0.1) is 5.82 Å². The molecule has 0 aliphatic carbocycles. The first kappa shape index (κ1) is 14.9. The minimum absolute atomic E-state index is 0.123. The van der Waals surface area contributed by atoms with E-state index in [1.54, 1.807) is 13.2 Å². The maximum absolute atomic E-state index is 13.6. The van der Waals surface area contributed by atoms with Crippen LogP contribution >= 0.6 is 15.9 Å². The van der Waals surface area contributed by atoms with Gasteiger partial charge in [0, 0.05) is 17.8 Å². The topological polar surface area (TPSA) is 21.3 Å². The van der Waals surface area contributed by atoms with Crippen LogP contribution in [-0.2, 0) is 6.42 Å². The lowest BCUT2D eigenvalue weighted by molar-refractivity contribution is 0.412. The van der Waals surface area contributed by atoms with Gasteiger partial charge in [0.15, 0.2) is 0 Å². The summed E-state index contributed by atoms with van der Waals surface area (Å²) in [5.74, 6) is 0.614. The predicted octanol–water partition coefficient (Wildman–Crippen LogP) is 4.64. The van der Waals surface area contributed by atoms with Crippen molar-refractivity contribution in [1.29, 1.82) is 0 Å². The molecule has 0 aromatic heterocycles. The van der Waals surface area contributed by atoms with Crippen LogP contribution in [0.5, 0.6) is 5.75 Å². The first-order valence-electron chi connectivity index (χ1n) is 6.43. The Labute approximate surface area is 127 Å². The van der Waals surface area contributed by atoms with Gasteiger partial charge >= 0.3 is 0 Å². The molecule has 2 rings (SSSR count). The van der Waals surface area contributed by atoms with Crippen molar-refractivity contribution in [3.05, 3.63) is 58.3 Å². The number of benzene rings is 2. The highest BCUT2D eigenvalue weighted by atomic mass is 79.9. The summed E-state index contributed by atoms with van der Waals surface area (Å²) in [6.45, 7) is 2.03. The molecule has 2 aromatic rings. The van der Waals surface area contributed by atoms with Crippen LogP contribution in [0.25, 0.3) is 0 Å². The maximum atomic E-state index is 13.6. The second-order valence-corrected chi connectivity index (χ2v) is 5.54. The minimum Gasteiger partial charge on any atom is -0.495 e. The molecule has 0 saturated carbocycles. The van der Waals surface area contributed by atoms with Gasteiger partial charge in [-0.1, -0.05) is 18.2 Å². The molecule has 0 saturated heterocycles. The number of hydrogen-bond acceptors (Lipinski definition) is 2. The van der Waals surface area contributed by atoms with Gasteiger partial charge in [0.25, 0.3) is 0 Å². The molecule has 0 amide bonds. The van der Waals surface area contributed by atoms with Crippen molar-refractivity contribution in [1.82, 2.24) is 0 Å². The van der Waals surface area contributed by atoms with Gasteiger partial charge in [0.2, 0.25) is 0 Å². The van der Waals surface area contributed by atoms with Gasteiger partial charge in [-0.25, -0.2) is 4.39 Å². The molecule has 0 fully saturated rings. The minimum atomic E-state index is -0.158. The second-order valence-electron chi connectivity index (χ2n) is 4.69. The highest BCUT2D eigenvalue weighted by Crippen LogP contribution is 2.28. The summed E-state index contributed by atoms with van der Waals surface area (Å²) in [5.41, 5.74) is 1.67. The molecule has 106 valence electrons. The molecule has 1 atom stereocenters. The van der Waals surface area contributed by atoms with Gasteiger partial charge in [-0.2, -0.15) is 0 Å². The zero-order chi connectivity index (χ0) is 14.5. The summed E-state index contributed by atoms with van der Waals surface area (Å²) in [4.78, 5) is 0. The van der Waals surface area contributed by atoms with Crippen LogP contribution in [0.1, 0.15) is 12.5 Å². The summed E-state index contributed by atoms with van der Waals surface area (Å²) < 4.78 is 19.8. The van der Waals surface area contributed by atoms with Crippen LogP contribution in [0.2, 0.25) is 0 Å². The van der Waals surface area contributed by atoms with E-state index in [-0.39, 0.29) is 11.9 Å². The highest BCUT2D eigenvalue weighted by Gasteiger charge is 2.08. The average Bonchev–Trinajstić information content (AvgIpc) is 2.43. The predicted molar refractivity (Wildman–Crippen MR) is 83.9 cm³/mol. The summed E-state index contributed by atoms with van der Waals surface area (Å²) in [5, 5.41) is 3.35. The Hall–Kier alpha value is -1.55. The van der Waals surface area contributed by atoms with Crippen molar-refractivity contribution >= 4 is 21.6 Å². The Kier molecular flexibility index (Phi) is 5.01. The Morgan fingerprint density at radius 2 is 2.00 bits per heavy atom. The Balaban J connectivity index is 2.05. The van der Waals surface area contributed by atoms with Crippen molar-refractivity contribution < 1.29 is 9.13 Å². The molecule has 0 bridgehead atoms. The van der Waals surface area contributed by atoms with Crippen molar-refractivity contribution in [2.75, 3.05) is 12.4 Å². The summed E-state index contributed by atoms with van der Waals surface area (Å²) in [6, 6.07) is 12.8. The Bertz CT molecular complexity index is 588. The molecule has 2 aromatic carbocycles. The van der Waals surface area contributed by atoms with Gasteiger partial charge in [0.1, 0.15) is 11.6 Å². The van der Waals surface area contributed by atoms with Gasteiger partial charge in [-0.05, 0) is 53.0 Å². The molecule has 1 N–H and O–H groups in total. The van der Waals surface area contributed by atoms with Crippen LogP contribution < -0.4 is 10.1 Å².